The lowest BCUT2D eigenvalue weighted by Gasteiger charge is -2.15. The number of nitrogen functional groups attached to an aromatic ring is 1. The molecule has 0 amide bonds. The molecular weight excluding hydrogens is 326 g/mol. The van der Waals surface area contributed by atoms with E-state index in [2.05, 4.69) is 4.98 Å². The summed E-state index contributed by atoms with van der Waals surface area (Å²) in [5.74, 6) is 0.237. The lowest BCUT2D eigenvalue weighted by Crippen LogP contribution is -2.27. The normalized spacial score (nSPS) is 10.2. The van der Waals surface area contributed by atoms with E-state index >= 15 is 0 Å². The fourth-order valence-electron chi connectivity index (χ4n) is 2.79. The van der Waals surface area contributed by atoms with Gasteiger partial charge < -0.3 is 5.73 Å². The largest absolute Gasteiger partial charge is 0.384 e. The fourth-order valence-corrected chi connectivity index (χ4v) is 2.79. The number of aryl methyl sites for hydroxylation is 2. The Kier molecular flexibility index (Phi) is 4.26. The van der Waals surface area contributed by atoms with Crippen LogP contribution in [0, 0.1) is 36.5 Å². The molecule has 0 unspecified atom stereocenters. The summed E-state index contributed by atoms with van der Waals surface area (Å²) in [5.41, 5.74) is 8.25. The third-order valence-corrected chi connectivity index (χ3v) is 4.11. The minimum Gasteiger partial charge on any atom is -0.384 e. The summed E-state index contributed by atoms with van der Waals surface area (Å²) >= 11 is 0. The fraction of sp³-hybridized carbons (Fsp3) is 0.100. The molecule has 26 heavy (non-hydrogen) atoms. The molecule has 0 atom stereocenters. The number of anilines is 1. The first-order valence-corrected chi connectivity index (χ1v) is 7.86. The molecule has 0 aliphatic carbocycles. The first-order chi connectivity index (χ1) is 12.5. The molecule has 0 aliphatic heterocycles. The minimum atomic E-state index is -0.599. The third kappa shape index (κ3) is 2.70. The molecule has 6 heteroatoms. The molecule has 0 bridgehead atoms. The predicted octanol–water partition coefficient (Wildman–Crippen LogP) is 2.84. The van der Waals surface area contributed by atoms with Crippen molar-refractivity contribution in [3.05, 3.63) is 75.2 Å². The van der Waals surface area contributed by atoms with Crippen LogP contribution in [-0.4, -0.2) is 9.55 Å². The molecule has 0 spiro atoms. The summed E-state index contributed by atoms with van der Waals surface area (Å²) in [5, 5.41) is 19.3. The molecule has 2 heterocycles. The number of hydrogen-bond donors (Lipinski definition) is 1. The Hall–Kier alpha value is -3.90. The van der Waals surface area contributed by atoms with E-state index in [9.17, 15) is 15.3 Å². The van der Waals surface area contributed by atoms with E-state index in [1.165, 1.54) is 0 Å². The van der Waals surface area contributed by atoms with Gasteiger partial charge in [0, 0.05) is 11.8 Å². The van der Waals surface area contributed by atoms with Crippen molar-refractivity contribution in [1.29, 1.82) is 10.5 Å². The van der Waals surface area contributed by atoms with Crippen LogP contribution < -0.4 is 11.3 Å². The van der Waals surface area contributed by atoms with Crippen LogP contribution >= 0.6 is 0 Å². The monoisotopic (exact) mass is 341 g/mol. The summed E-state index contributed by atoms with van der Waals surface area (Å²) in [4.78, 5) is 17.1. The van der Waals surface area contributed by atoms with Gasteiger partial charge in [-0.1, -0.05) is 29.8 Å². The van der Waals surface area contributed by atoms with E-state index in [1.54, 1.807) is 30.5 Å². The Morgan fingerprint density at radius 1 is 1.00 bits per heavy atom. The number of nitrogens with zero attached hydrogens (tertiary/aromatic N) is 4. The van der Waals surface area contributed by atoms with Gasteiger partial charge >= 0.3 is 0 Å². The van der Waals surface area contributed by atoms with Gasteiger partial charge in [-0.05, 0) is 37.1 Å². The van der Waals surface area contributed by atoms with Crippen molar-refractivity contribution in [3.63, 3.8) is 0 Å². The number of nitrogens with two attached hydrogens (primary N) is 1. The maximum atomic E-state index is 13.0. The van der Waals surface area contributed by atoms with Crippen LogP contribution in [0.2, 0.25) is 0 Å². The molecule has 3 rings (SSSR count). The highest BCUT2D eigenvalue weighted by Crippen LogP contribution is 2.30. The third-order valence-electron chi connectivity index (χ3n) is 4.11. The number of hydrogen-bond acceptors (Lipinski definition) is 5. The molecule has 0 saturated carbocycles. The van der Waals surface area contributed by atoms with Gasteiger partial charge in [-0.3, -0.25) is 4.79 Å². The highest BCUT2D eigenvalue weighted by molar-refractivity contribution is 5.81. The Bertz CT molecular complexity index is 1150. The van der Waals surface area contributed by atoms with E-state index in [0.29, 0.717) is 5.56 Å². The zero-order valence-electron chi connectivity index (χ0n) is 14.3. The molecular formula is C20H15N5O. The molecule has 0 radical (unpaired) electrons. The van der Waals surface area contributed by atoms with Crippen molar-refractivity contribution in [1.82, 2.24) is 9.55 Å². The van der Waals surface area contributed by atoms with E-state index < -0.39 is 5.56 Å². The van der Waals surface area contributed by atoms with Crippen LogP contribution in [0.4, 0.5) is 5.82 Å². The maximum Gasteiger partial charge on any atom is 0.276 e. The molecule has 1 aromatic carbocycles. The molecule has 3 aromatic rings. The van der Waals surface area contributed by atoms with E-state index in [1.807, 2.05) is 38.1 Å². The van der Waals surface area contributed by atoms with Crippen LogP contribution in [0.3, 0.4) is 0 Å². The van der Waals surface area contributed by atoms with Crippen molar-refractivity contribution >= 4 is 5.82 Å². The second-order valence-corrected chi connectivity index (χ2v) is 5.93. The van der Waals surface area contributed by atoms with Crippen molar-refractivity contribution in [2.24, 2.45) is 0 Å². The molecule has 0 aliphatic rings. The molecule has 0 fully saturated rings. The van der Waals surface area contributed by atoms with Gasteiger partial charge in [0.15, 0.2) is 0 Å². The van der Waals surface area contributed by atoms with Gasteiger partial charge in [0.1, 0.15) is 34.9 Å². The number of nitriles is 2. The SMILES string of the molecule is Cc1ccc(-c2c(C#N)c(N)n(-c3cc(C)ccn3)c(=O)c2C#N)cc1. The van der Waals surface area contributed by atoms with Crippen LogP contribution in [0.1, 0.15) is 22.3 Å². The van der Waals surface area contributed by atoms with E-state index in [-0.39, 0.29) is 28.3 Å². The zero-order valence-corrected chi connectivity index (χ0v) is 14.3. The average molecular weight is 341 g/mol. The topological polar surface area (TPSA) is 108 Å². The Labute approximate surface area is 150 Å². The summed E-state index contributed by atoms with van der Waals surface area (Å²) < 4.78 is 1.11. The van der Waals surface area contributed by atoms with Crippen molar-refractivity contribution in [3.8, 4) is 29.1 Å². The number of pyridine rings is 2. The highest BCUT2D eigenvalue weighted by atomic mass is 16.1. The van der Waals surface area contributed by atoms with Gasteiger partial charge in [0.25, 0.3) is 5.56 Å². The van der Waals surface area contributed by atoms with Crippen LogP contribution in [0.15, 0.2) is 47.4 Å². The summed E-state index contributed by atoms with van der Waals surface area (Å²) in [7, 11) is 0. The lowest BCUT2D eigenvalue weighted by molar-refractivity contribution is 0.942. The van der Waals surface area contributed by atoms with Crippen molar-refractivity contribution in [2.75, 3.05) is 5.73 Å². The summed E-state index contributed by atoms with van der Waals surface area (Å²) in [6.45, 7) is 3.78. The maximum absolute atomic E-state index is 13.0. The predicted molar refractivity (Wildman–Crippen MR) is 98.6 cm³/mol. The van der Waals surface area contributed by atoms with E-state index in [4.69, 9.17) is 5.73 Å². The molecule has 6 nitrogen and oxygen atoms in total. The average Bonchev–Trinajstić information content (AvgIpc) is 2.62. The summed E-state index contributed by atoms with van der Waals surface area (Å²) in [6, 6.07) is 14.7. The van der Waals surface area contributed by atoms with Crippen LogP contribution in [-0.2, 0) is 0 Å². The molecule has 126 valence electrons. The number of benzene rings is 1. The van der Waals surface area contributed by atoms with Gasteiger partial charge in [-0.15, -0.1) is 0 Å². The van der Waals surface area contributed by atoms with Crippen LogP contribution in [0.25, 0.3) is 16.9 Å². The minimum absolute atomic E-state index is 0.0369. The first-order valence-electron chi connectivity index (χ1n) is 7.86. The van der Waals surface area contributed by atoms with Gasteiger partial charge in [0.05, 0.1) is 0 Å². The smallest absolute Gasteiger partial charge is 0.276 e. The second kappa shape index (κ2) is 6.54. The first kappa shape index (κ1) is 16.9. The second-order valence-electron chi connectivity index (χ2n) is 5.93. The molecule has 2 aromatic heterocycles. The van der Waals surface area contributed by atoms with Crippen LogP contribution in [0.5, 0.6) is 0 Å². The number of aromatic nitrogens is 2. The Morgan fingerprint density at radius 3 is 2.23 bits per heavy atom. The van der Waals surface area contributed by atoms with E-state index in [0.717, 1.165) is 15.7 Å². The molecule has 0 saturated heterocycles. The molecule has 2 N–H and O–H groups in total. The summed E-state index contributed by atoms with van der Waals surface area (Å²) in [6.07, 6.45) is 1.54. The Morgan fingerprint density at radius 2 is 1.65 bits per heavy atom. The highest BCUT2D eigenvalue weighted by Gasteiger charge is 2.23. The van der Waals surface area contributed by atoms with Gasteiger partial charge in [0.2, 0.25) is 0 Å². The van der Waals surface area contributed by atoms with Gasteiger partial charge in [-0.25, -0.2) is 9.55 Å². The van der Waals surface area contributed by atoms with Crippen molar-refractivity contribution < 1.29 is 0 Å². The number of rotatable bonds is 2. The lowest BCUT2D eigenvalue weighted by atomic mass is 9.95. The quantitative estimate of drug-likeness (QED) is 0.771. The van der Waals surface area contributed by atoms with Crippen molar-refractivity contribution in [2.45, 2.75) is 13.8 Å². The standard InChI is InChI=1S/C20H15N5O/c1-12-3-5-14(6-4-12)18-15(10-21)19(23)25(20(26)16(18)11-22)17-9-13(2)7-8-24-17/h3-9H,23H2,1-2H3. The van der Waals surface area contributed by atoms with Gasteiger partial charge in [-0.2, -0.15) is 10.5 Å². The zero-order chi connectivity index (χ0) is 18.8. The Balaban J connectivity index is 2.43.